The van der Waals surface area contributed by atoms with Crippen LogP contribution < -0.4 is 20.3 Å². The Balaban J connectivity index is 1.55. The fourth-order valence-electron chi connectivity index (χ4n) is 2.73. The van der Waals surface area contributed by atoms with Crippen molar-refractivity contribution >= 4 is 23.9 Å². The van der Waals surface area contributed by atoms with Crippen LogP contribution in [0.1, 0.15) is 31.2 Å². The van der Waals surface area contributed by atoms with Gasteiger partial charge >= 0.3 is 6.03 Å². The Labute approximate surface area is 149 Å². The van der Waals surface area contributed by atoms with E-state index < -0.39 is 11.9 Å². The van der Waals surface area contributed by atoms with E-state index in [0.29, 0.717) is 30.8 Å². The van der Waals surface area contributed by atoms with Gasteiger partial charge in [-0.25, -0.2) is 10.3 Å². The summed E-state index contributed by atoms with van der Waals surface area (Å²) in [6.07, 6.45) is 3.59. The number of ether oxygens (including phenoxy) is 2. The standard InChI is InChI=1S/C17H19N3O6/c21-15(19-24)4-2-1-3-7-20-16(22)12(18-17(20)23)8-11-5-6-13-14(9-11)26-10-25-13/h5-6,8-9,24H,1-4,7,10H2,(H,18,23)(H,19,21)/b12-8-. The molecule has 26 heavy (non-hydrogen) atoms. The number of benzene rings is 1. The molecule has 0 saturated carbocycles. The minimum atomic E-state index is -0.463. The number of fused-ring (bicyclic) bond motifs is 1. The lowest BCUT2D eigenvalue weighted by Gasteiger charge is -2.11. The first-order valence-electron chi connectivity index (χ1n) is 8.25. The maximum atomic E-state index is 12.4. The molecule has 1 fully saturated rings. The Bertz CT molecular complexity index is 761. The number of urea groups is 1. The number of hydrogen-bond donors (Lipinski definition) is 3. The first-order chi connectivity index (χ1) is 12.6. The summed E-state index contributed by atoms with van der Waals surface area (Å²) in [5.74, 6) is 0.403. The third kappa shape index (κ3) is 3.94. The lowest BCUT2D eigenvalue weighted by Crippen LogP contribution is -2.31. The van der Waals surface area contributed by atoms with Gasteiger partial charge in [-0.1, -0.05) is 12.5 Å². The molecular weight excluding hydrogens is 342 g/mol. The number of imide groups is 1. The van der Waals surface area contributed by atoms with Crippen LogP contribution in [0.25, 0.3) is 6.08 Å². The Morgan fingerprint density at radius 3 is 2.85 bits per heavy atom. The fraction of sp³-hybridized carbons (Fsp3) is 0.353. The zero-order valence-corrected chi connectivity index (χ0v) is 14.0. The fourth-order valence-corrected chi connectivity index (χ4v) is 2.73. The summed E-state index contributed by atoms with van der Waals surface area (Å²) in [4.78, 5) is 36.4. The second-order valence-corrected chi connectivity index (χ2v) is 5.90. The van der Waals surface area contributed by atoms with E-state index in [2.05, 4.69) is 5.32 Å². The van der Waals surface area contributed by atoms with E-state index in [4.69, 9.17) is 14.7 Å². The molecule has 0 radical (unpaired) electrons. The Kier molecular flexibility index (Phi) is 5.37. The van der Waals surface area contributed by atoms with E-state index in [9.17, 15) is 14.4 Å². The SMILES string of the molecule is O=C(CCCCCN1C(=O)N/C(=C\c2ccc3c(c2)OCO3)C1=O)NO. The number of hydrogen-bond acceptors (Lipinski definition) is 6. The Hall–Kier alpha value is -3.07. The molecule has 0 spiro atoms. The number of nitrogens with zero attached hydrogens (tertiary/aromatic N) is 1. The van der Waals surface area contributed by atoms with Crippen LogP contribution >= 0.6 is 0 Å². The molecule has 0 atom stereocenters. The van der Waals surface area contributed by atoms with E-state index in [-0.39, 0.29) is 31.4 Å². The molecule has 3 rings (SSSR count). The van der Waals surface area contributed by atoms with Crippen LogP contribution in [-0.2, 0) is 9.59 Å². The molecule has 0 aromatic heterocycles. The van der Waals surface area contributed by atoms with Crippen molar-refractivity contribution in [1.82, 2.24) is 15.7 Å². The Morgan fingerprint density at radius 1 is 1.23 bits per heavy atom. The van der Waals surface area contributed by atoms with Crippen LogP contribution in [0, 0.1) is 0 Å². The molecule has 0 bridgehead atoms. The molecule has 2 aliphatic rings. The summed E-state index contributed by atoms with van der Waals surface area (Å²) >= 11 is 0. The highest BCUT2D eigenvalue weighted by atomic mass is 16.7. The molecule has 138 valence electrons. The van der Waals surface area contributed by atoms with Gasteiger partial charge in [0.2, 0.25) is 12.7 Å². The molecule has 1 saturated heterocycles. The van der Waals surface area contributed by atoms with Crippen LogP contribution in [0.2, 0.25) is 0 Å². The predicted molar refractivity (Wildman–Crippen MR) is 89.2 cm³/mol. The number of nitrogens with one attached hydrogen (secondary N) is 2. The van der Waals surface area contributed by atoms with Crippen molar-refractivity contribution in [3.63, 3.8) is 0 Å². The van der Waals surface area contributed by atoms with Crippen LogP contribution in [0.15, 0.2) is 23.9 Å². The van der Waals surface area contributed by atoms with Gasteiger partial charge in [-0.2, -0.15) is 0 Å². The number of carbonyl (C=O) groups is 3. The smallest absolute Gasteiger partial charge is 0.329 e. The predicted octanol–water partition coefficient (Wildman–Crippen LogP) is 1.37. The normalized spacial score (nSPS) is 17.0. The second-order valence-electron chi connectivity index (χ2n) is 5.90. The second kappa shape index (κ2) is 7.87. The molecule has 0 unspecified atom stereocenters. The van der Waals surface area contributed by atoms with Crippen molar-refractivity contribution in [2.24, 2.45) is 0 Å². The zero-order valence-electron chi connectivity index (χ0n) is 14.0. The summed E-state index contributed by atoms with van der Waals surface area (Å²) < 4.78 is 10.5. The van der Waals surface area contributed by atoms with Crippen molar-refractivity contribution in [2.75, 3.05) is 13.3 Å². The van der Waals surface area contributed by atoms with Gasteiger partial charge in [-0.3, -0.25) is 19.7 Å². The first-order valence-corrected chi connectivity index (χ1v) is 8.25. The van der Waals surface area contributed by atoms with E-state index in [0.717, 1.165) is 10.5 Å². The number of rotatable bonds is 7. The number of unbranched alkanes of at least 4 members (excludes halogenated alkanes) is 2. The number of hydroxylamine groups is 1. The molecule has 9 nitrogen and oxygen atoms in total. The van der Waals surface area contributed by atoms with Gasteiger partial charge in [0, 0.05) is 13.0 Å². The average Bonchev–Trinajstić information content (AvgIpc) is 3.20. The summed E-state index contributed by atoms with van der Waals surface area (Å²) in [7, 11) is 0. The molecule has 1 aromatic rings. The van der Waals surface area contributed by atoms with E-state index >= 15 is 0 Å². The monoisotopic (exact) mass is 361 g/mol. The molecule has 4 amide bonds. The molecule has 0 aliphatic carbocycles. The van der Waals surface area contributed by atoms with Gasteiger partial charge in [0.15, 0.2) is 11.5 Å². The number of amides is 4. The minimum absolute atomic E-state index is 0.165. The highest BCUT2D eigenvalue weighted by molar-refractivity contribution is 6.13. The minimum Gasteiger partial charge on any atom is -0.454 e. The lowest BCUT2D eigenvalue weighted by atomic mass is 10.1. The van der Waals surface area contributed by atoms with Crippen LogP contribution in [0.3, 0.4) is 0 Å². The molecule has 3 N–H and O–H groups in total. The van der Waals surface area contributed by atoms with Crippen LogP contribution in [-0.4, -0.2) is 41.3 Å². The third-order valence-electron chi connectivity index (χ3n) is 4.08. The highest BCUT2D eigenvalue weighted by Gasteiger charge is 2.33. The van der Waals surface area contributed by atoms with Crippen molar-refractivity contribution in [3.8, 4) is 11.5 Å². The van der Waals surface area contributed by atoms with Crippen molar-refractivity contribution in [1.29, 1.82) is 0 Å². The van der Waals surface area contributed by atoms with Crippen LogP contribution in [0.4, 0.5) is 4.79 Å². The van der Waals surface area contributed by atoms with Crippen molar-refractivity contribution in [2.45, 2.75) is 25.7 Å². The molecule has 1 aromatic carbocycles. The van der Waals surface area contributed by atoms with E-state index in [1.807, 2.05) is 0 Å². The van der Waals surface area contributed by atoms with Crippen molar-refractivity contribution in [3.05, 3.63) is 29.5 Å². The maximum Gasteiger partial charge on any atom is 0.329 e. The maximum absolute atomic E-state index is 12.4. The van der Waals surface area contributed by atoms with Gasteiger partial charge in [-0.05, 0) is 36.6 Å². The zero-order chi connectivity index (χ0) is 18.5. The summed E-state index contributed by atoms with van der Waals surface area (Å²) in [5.41, 5.74) is 2.48. The third-order valence-corrected chi connectivity index (χ3v) is 4.08. The van der Waals surface area contributed by atoms with Crippen molar-refractivity contribution < 1.29 is 29.1 Å². The lowest BCUT2D eigenvalue weighted by molar-refractivity contribution is -0.129. The molecule has 9 heteroatoms. The molecule has 2 heterocycles. The summed E-state index contributed by atoms with van der Waals surface area (Å²) in [6, 6.07) is 4.80. The van der Waals surface area contributed by atoms with E-state index in [1.54, 1.807) is 29.8 Å². The number of carbonyl (C=O) groups excluding carboxylic acids is 3. The van der Waals surface area contributed by atoms with Gasteiger partial charge in [0.25, 0.3) is 5.91 Å². The quantitative estimate of drug-likeness (QED) is 0.222. The molecule has 2 aliphatic heterocycles. The summed E-state index contributed by atoms with van der Waals surface area (Å²) in [5, 5.41) is 11.0. The van der Waals surface area contributed by atoms with Gasteiger partial charge in [-0.15, -0.1) is 0 Å². The van der Waals surface area contributed by atoms with E-state index in [1.165, 1.54) is 0 Å². The van der Waals surface area contributed by atoms with Gasteiger partial charge < -0.3 is 14.8 Å². The average molecular weight is 361 g/mol. The summed E-state index contributed by atoms with van der Waals surface area (Å²) in [6.45, 7) is 0.433. The topological polar surface area (TPSA) is 117 Å². The highest BCUT2D eigenvalue weighted by Crippen LogP contribution is 2.33. The Morgan fingerprint density at radius 2 is 2.04 bits per heavy atom. The van der Waals surface area contributed by atoms with Crippen LogP contribution in [0.5, 0.6) is 11.5 Å². The largest absolute Gasteiger partial charge is 0.454 e. The molecular formula is C17H19N3O6. The van der Waals surface area contributed by atoms with Gasteiger partial charge in [0.05, 0.1) is 0 Å². The first kappa shape index (κ1) is 17.7. The van der Waals surface area contributed by atoms with Gasteiger partial charge in [0.1, 0.15) is 5.70 Å².